The quantitative estimate of drug-likeness (QED) is 0.480. The summed E-state index contributed by atoms with van der Waals surface area (Å²) in [5.74, 6) is -0.434. The number of carbonyl (C=O) groups is 2. The van der Waals surface area contributed by atoms with Crippen LogP contribution in [0.2, 0.25) is 0 Å². The van der Waals surface area contributed by atoms with Crippen LogP contribution in [0.1, 0.15) is 22.8 Å². The van der Waals surface area contributed by atoms with E-state index in [-0.39, 0.29) is 11.3 Å². The number of benzene rings is 2. The second-order valence-electron chi connectivity index (χ2n) is 4.26. The van der Waals surface area contributed by atoms with Gasteiger partial charge in [-0.3, -0.25) is 4.79 Å². The number of hydrogen-bond acceptors (Lipinski definition) is 4. The average Bonchev–Trinajstić information content (AvgIpc) is 2.47. The van der Waals surface area contributed by atoms with E-state index in [1.165, 1.54) is 6.92 Å². The molecular weight excluding hydrogens is 336 g/mol. The van der Waals surface area contributed by atoms with Crippen molar-refractivity contribution in [1.82, 2.24) is 0 Å². The molecule has 4 nitrogen and oxygen atoms in total. The van der Waals surface area contributed by atoms with Crippen molar-refractivity contribution in [3.05, 3.63) is 59.7 Å². The molecule has 0 atom stereocenters. The summed E-state index contributed by atoms with van der Waals surface area (Å²) in [7, 11) is 0. The fourth-order valence-electron chi connectivity index (χ4n) is 1.73. The smallest absolute Gasteiger partial charge is 0.347 e. The number of hydrogen-bond donors (Lipinski definition) is 0. The molecule has 0 aliphatic heterocycles. The molecule has 21 heavy (non-hydrogen) atoms. The van der Waals surface area contributed by atoms with Gasteiger partial charge in [0.2, 0.25) is 0 Å². The molecule has 0 heterocycles. The lowest BCUT2D eigenvalue weighted by atomic mass is 10.2. The van der Waals surface area contributed by atoms with Crippen LogP contribution in [-0.4, -0.2) is 11.9 Å². The zero-order valence-electron chi connectivity index (χ0n) is 11.3. The van der Waals surface area contributed by atoms with Gasteiger partial charge in [0.1, 0.15) is 17.1 Å². The van der Waals surface area contributed by atoms with Gasteiger partial charge in [-0.2, -0.15) is 0 Å². The summed E-state index contributed by atoms with van der Waals surface area (Å²) in [4.78, 5) is 23.2. The second-order valence-corrected chi connectivity index (χ2v) is 4.82. The molecule has 0 saturated heterocycles. The molecule has 0 radical (unpaired) electrons. The van der Waals surface area contributed by atoms with Gasteiger partial charge in [0.05, 0.1) is 0 Å². The van der Waals surface area contributed by atoms with Crippen molar-refractivity contribution in [1.29, 1.82) is 0 Å². The van der Waals surface area contributed by atoms with Crippen molar-refractivity contribution in [2.45, 2.75) is 12.3 Å². The van der Waals surface area contributed by atoms with E-state index in [9.17, 15) is 9.59 Å². The first-order valence-corrected chi connectivity index (χ1v) is 7.37. The Morgan fingerprint density at radius 1 is 1.05 bits per heavy atom. The molecule has 108 valence electrons. The number of rotatable bonds is 4. The Kier molecular flexibility index (Phi) is 5.11. The Balaban J connectivity index is 2.22. The summed E-state index contributed by atoms with van der Waals surface area (Å²) in [5.41, 5.74) is 1.20. The molecule has 5 heteroatoms. The molecule has 0 aliphatic rings. The third-order valence-electron chi connectivity index (χ3n) is 2.62. The maximum Gasteiger partial charge on any atom is 0.347 e. The van der Waals surface area contributed by atoms with Crippen LogP contribution in [0, 0.1) is 0 Å². The van der Waals surface area contributed by atoms with Crippen molar-refractivity contribution >= 4 is 27.9 Å². The zero-order chi connectivity index (χ0) is 15.2. The van der Waals surface area contributed by atoms with Crippen molar-refractivity contribution in [3.8, 4) is 11.5 Å². The molecule has 0 aromatic heterocycles. The summed E-state index contributed by atoms with van der Waals surface area (Å²) >= 11 is 3.34. The molecular formula is C16H13BrO4. The van der Waals surface area contributed by atoms with Crippen LogP contribution in [0.15, 0.2) is 48.5 Å². The van der Waals surface area contributed by atoms with Crippen LogP contribution in [0.5, 0.6) is 11.5 Å². The number of esters is 2. The Morgan fingerprint density at radius 2 is 1.81 bits per heavy atom. The molecule has 0 unspecified atom stereocenters. The summed E-state index contributed by atoms with van der Waals surface area (Å²) in [6.07, 6.45) is 0. The van der Waals surface area contributed by atoms with Gasteiger partial charge in [0.25, 0.3) is 0 Å². The molecule has 0 fully saturated rings. The lowest BCUT2D eigenvalue weighted by molar-refractivity contribution is -0.131. The lowest BCUT2D eigenvalue weighted by Gasteiger charge is -2.09. The summed E-state index contributed by atoms with van der Waals surface area (Å²) < 4.78 is 10.3. The minimum Gasteiger partial charge on any atom is -0.426 e. The molecule has 0 bridgehead atoms. The highest BCUT2D eigenvalue weighted by molar-refractivity contribution is 9.08. The predicted octanol–water partition coefficient (Wildman–Crippen LogP) is 3.73. The minimum atomic E-state index is -0.571. The molecule has 2 aromatic carbocycles. The number of carbonyl (C=O) groups excluding carboxylic acids is 2. The Morgan fingerprint density at radius 3 is 2.52 bits per heavy atom. The predicted molar refractivity (Wildman–Crippen MR) is 81.8 cm³/mol. The van der Waals surface area contributed by atoms with Gasteiger partial charge in [0, 0.05) is 12.3 Å². The van der Waals surface area contributed by atoms with Crippen LogP contribution < -0.4 is 9.47 Å². The van der Waals surface area contributed by atoms with E-state index in [0.717, 1.165) is 5.56 Å². The average molecular weight is 349 g/mol. The van der Waals surface area contributed by atoms with E-state index in [4.69, 9.17) is 9.47 Å². The summed E-state index contributed by atoms with van der Waals surface area (Å²) in [5, 5.41) is 0.669. The normalized spacial score (nSPS) is 10.0. The molecule has 2 aromatic rings. The zero-order valence-corrected chi connectivity index (χ0v) is 12.9. The fourth-order valence-corrected chi connectivity index (χ4v) is 2.08. The first-order valence-electron chi connectivity index (χ1n) is 6.24. The fraction of sp³-hybridized carbons (Fsp3) is 0.125. The van der Waals surface area contributed by atoms with Gasteiger partial charge in [-0.25, -0.2) is 4.79 Å². The SMILES string of the molecule is CC(=O)Oc1ccccc1C(=O)Oc1cccc(CBr)c1. The Hall–Kier alpha value is -2.14. The summed E-state index contributed by atoms with van der Waals surface area (Å²) in [6.45, 7) is 1.28. The van der Waals surface area contributed by atoms with Gasteiger partial charge in [-0.05, 0) is 29.8 Å². The summed E-state index contributed by atoms with van der Waals surface area (Å²) in [6, 6.07) is 13.6. The number of halogens is 1. The number of para-hydroxylation sites is 1. The third kappa shape index (κ3) is 4.16. The topological polar surface area (TPSA) is 52.6 Å². The van der Waals surface area contributed by atoms with Gasteiger partial charge in [0.15, 0.2) is 0 Å². The van der Waals surface area contributed by atoms with E-state index in [1.54, 1.807) is 42.5 Å². The van der Waals surface area contributed by atoms with Crippen molar-refractivity contribution in [2.75, 3.05) is 0 Å². The number of ether oxygens (including phenoxy) is 2. The van der Waals surface area contributed by atoms with Gasteiger partial charge >= 0.3 is 11.9 Å². The highest BCUT2D eigenvalue weighted by Crippen LogP contribution is 2.22. The monoisotopic (exact) mass is 348 g/mol. The second kappa shape index (κ2) is 7.04. The van der Waals surface area contributed by atoms with E-state index in [0.29, 0.717) is 11.1 Å². The maximum absolute atomic E-state index is 12.2. The number of alkyl halides is 1. The van der Waals surface area contributed by atoms with Gasteiger partial charge in [-0.15, -0.1) is 0 Å². The third-order valence-corrected chi connectivity index (χ3v) is 3.27. The van der Waals surface area contributed by atoms with Gasteiger partial charge < -0.3 is 9.47 Å². The first-order chi connectivity index (χ1) is 10.1. The maximum atomic E-state index is 12.2. The molecule has 0 spiro atoms. The van der Waals surface area contributed by atoms with Gasteiger partial charge in [-0.1, -0.05) is 40.2 Å². The van der Waals surface area contributed by atoms with Crippen LogP contribution in [0.4, 0.5) is 0 Å². The van der Waals surface area contributed by atoms with Crippen molar-refractivity contribution in [3.63, 3.8) is 0 Å². The molecule has 0 N–H and O–H groups in total. The van der Waals surface area contributed by atoms with Crippen LogP contribution in [-0.2, 0) is 10.1 Å². The molecule has 0 amide bonds. The Bertz CT molecular complexity index is 667. The molecule has 0 saturated carbocycles. The van der Waals surface area contributed by atoms with E-state index in [2.05, 4.69) is 15.9 Å². The molecule has 2 rings (SSSR count). The van der Waals surface area contributed by atoms with Crippen LogP contribution in [0.25, 0.3) is 0 Å². The van der Waals surface area contributed by atoms with E-state index in [1.807, 2.05) is 6.07 Å². The van der Waals surface area contributed by atoms with E-state index < -0.39 is 11.9 Å². The largest absolute Gasteiger partial charge is 0.426 e. The molecule has 0 aliphatic carbocycles. The first kappa shape index (κ1) is 15.3. The van der Waals surface area contributed by atoms with Crippen LogP contribution in [0.3, 0.4) is 0 Å². The van der Waals surface area contributed by atoms with Crippen LogP contribution >= 0.6 is 15.9 Å². The van der Waals surface area contributed by atoms with Crippen molar-refractivity contribution in [2.24, 2.45) is 0 Å². The highest BCUT2D eigenvalue weighted by atomic mass is 79.9. The Labute approximate surface area is 130 Å². The minimum absolute atomic E-state index is 0.187. The highest BCUT2D eigenvalue weighted by Gasteiger charge is 2.15. The standard InChI is InChI=1S/C16H13BrO4/c1-11(18)20-15-8-3-2-7-14(15)16(19)21-13-6-4-5-12(9-13)10-17/h2-9H,10H2,1H3. The lowest BCUT2D eigenvalue weighted by Crippen LogP contribution is -2.12. The van der Waals surface area contributed by atoms with Crippen molar-refractivity contribution < 1.29 is 19.1 Å². The van der Waals surface area contributed by atoms with E-state index >= 15 is 0 Å².